The first-order valence-electron chi connectivity index (χ1n) is 6.84. The van der Waals surface area contributed by atoms with Crippen LogP contribution in [-0.4, -0.2) is 25.7 Å². The molecule has 0 unspecified atom stereocenters. The number of hydrogen-bond acceptors (Lipinski definition) is 4. The summed E-state index contributed by atoms with van der Waals surface area (Å²) in [5, 5.41) is 0. The molecule has 0 heterocycles. The van der Waals surface area contributed by atoms with Gasteiger partial charge in [-0.2, -0.15) is 0 Å². The van der Waals surface area contributed by atoms with Gasteiger partial charge in [0.05, 0.1) is 23.5 Å². The maximum atomic E-state index is 11.6. The van der Waals surface area contributed by atoms with Crippen molar-refractivity contribution in [3.63, 3.8) is 0 Å². The number of hydrogen-bond donors (Lipinski definition) is 1. The number of carbonyl (C=O) groups excluding carboxylic acids is 1. The molecule has 0 aliphatic carbocycles. The lowest BCUT2D eigenvalue weighted by Gasteiger charge is -2.29. The Kier molecular flexibility index (Phi) is 5.67. The second-order valence-electron chi connectivity index (χ2n) is 4.58. The van der Waals surface area contributed by atoms with Crippen molar-refractivity contribution in [3.05, 3.63) is 23.8 Å². The van der Waals surface area contributed by atoms with Gasteiger partial charge in [0.15, 0.2) is 0 Å². The Hall–Kier alpha value is -1.71. The van der Waals surface area contributed by atoms with E-state index in [4.69, 9.17) is 10.5 Å². The minimum atomic E-state index is -0.328. The first kappa shape index (κ1) is 15.3. The standard InChI is InChI=1S/C15H24N2O2/c1-5-12(6-2)17(4)14-9-8-11(10-13(14)16)15(18)19-7-3/h8-10,12H,5-7,16H2,1-4H3. The second-order valence-corrected chi connectivity index (χ2v) is 4.58. The highest BCUT2D eigenvalue weighted by atomic mass is 16.5. The number of nitrogen functional groups attached to an aromatic ring is 1. The van der Waals surface area contributed by atoms with E-state index in [1.807, 2.05) is 13.1 Å². The molecule has 0 bridgehead atoms. The lowest BCUT2D eigenvalue weighted by molar-refractivity contribution is 0.0526. The van der Waals surface area contributed by atoms with Crippen LogP contribution in [0.3, 0.4) is 0 Å². The molecule has 0 amide bonds. The Balaban J connectivity index is 2.97. The van der Waals surface area contributed by atoms with Crippen LogP contribution in [0.25, 0.3) is 0 Å². The molecule has 0 saturated carbocycles. The highest BCUT2D eigenvalue weighted by Gasteiger charge is 2.15. The summed E-state index contributed by atoms with van der Waals surface area (Å²) in [6.45, 7) is 6.48. The Morgan fingerprint density at radius 1 is 1.32 bits per heavy atom. The van der Waals surface area contributed by atoms with Crippen molar-refractivity contribution >= 4 is 17.3 Å². The van der Waals surface area contributed by atoms with E-state index < -0.39 is 0 Å². The van der Waals surface area contributed by atoms with Gasteiger partial charge >= 0.3 is 5.97 Å². The molecule has 0 saturated heterocycles. The summed E-state index contributed by atoms with van der Waals surface area (Å²) in [5.74, 6) is -0.328. The topological polar surface area (TPSA) is 55.6 Å². The predicted molar refractivity (Wildman–Crippen MR) is 79.6 cm³/mol. The number of ether oxygens (including phenoxy) is 1. The van der Waals surface area contributed by atoms with E-state index in [0.717, 1.165) is 18.5 Å². The van der Waals surface area contributed by atoms with Crippen LogP contribution in [0.5, 0.6) is 0 Å². The lowest BCUT2D eigenvalue weighted by Crippen LogP contribution is -2.31. The fraction of sp³-hybridized carbons (Fsp3) is 0.533. The number of nitrogens with two attached hydrogens (primary N) is 1. The molecule has 0 spiro atoms. The van der Waals surface area contributed by atoms with E-state index in [-0.39, 0.29) is 5.97 Å². The van der Waals surface area contributed by atoms with Gasteiger partial charge < -0.3 is 15.4 Å². The van der Waals surface area contributed by atoms with Crippen LogP contribution >= 0.6 is 0 Å². The third-order valence-corrected chi connectivity index (χ3v) is 3.41. The molecule has 106 valence electrons. The third-order valence-electron chi connectivity index (χ3n) is 3.41. The molecule has 0 aliphatic heterocycles. The fourth-order valence-electron chi connectivity index (χ4n) is 2.25. The van der Waals surface area contributed by atoms with Gasteiger partial charge in [0, 0.05) is 13.1 Å². The summed E-state index contributed by atoms with van der Waals surface area (Å²) in [7, 11) is 2.04. The van der Waals surface area contributed by atoms with Crippen molar-refractivity contribution < 1.29 is 9.53 Å². The number of nitrogens with zero attached hydrogens (tertiary/aromatic N) is 1. The lowest BCUT2D eigenvalue weighted by atomic mass is 10.1. The van der Waals surface area contributed by atoms with Crippen molar-refractivity contribution in [2.24, 2.45) is 0 Å². The summed E-state index contributed by atoms with van der Waals surface area (Å²) in [6, 6.07) is 5.80. The smallest absolute Gasteiger partial charge is 0.338 e. The average molecular weight is 264 g/mol. The number of esters is 1. The van der Waals surface area contributed by atoms with Crippen molar-refractivity contribution in [2.45, 2.75) is 39.7 Å². The van der Waals surface area contributed by atoms with Crippen LogP contribution < -0.4 is 10.6 Å². The van der Waals surface area contributed by atoms with Gasteiger partial charge in [-0.3, -0.25) is 0 Å². The van der Waals surface area contributed by atoms with E-state index in [2.05, 4.69) is 18.7 Å². The summed E-state index contributed by atoms with van der Waals surface area (Å²) in [6.07, 6.45) is 2.12. The van der Waals surface area contributed by atoms with E-state index in [9.17, 15) is 4.79 Å². The number of rotatable bonds is 6. The quantitative estimate of drug-likeness (QED) is 0.633. The highest BCUT2D eigenvalue weighted by Crippen LogP contribution is 2.26. The van der Waals surface area contributed by atoms with Crippen LogP contribution in [0.4, 0.5) is 11.4 Å². The molecule has 0 aromatic heterocycles. The summed E-state index contributed by atoms with van der Waals surface area (Å²) in [5.41, 5.74) is 8.13. The van der Waals surface area contributed by atoms with Crippen molar-refractivity contribution in [1.29, 1.82) is 0 Å². The summed E-state index contributed by atoms with van der Waals surface area (Å²) >= 11 is 0. The van der Waals surface area contributed by atoms with Crippen LogP contribution in [-0.2, 0) is 4.74 Å². The van der Waals surface area contributed by atoms with Gasteiger partial charge in [0.2, 0.25) is 0 Å². The van der Waals surface area contributed by atoms with E-state index in [1.54, 1.807) is 19.1 Å². The Labute approximate surface area is 115 Å². The van der Waals surface area contributed by atoms with Crippen molar-refractivity contribution in [2.75, 3.05) is 24.3 Å². The van der Waals surface area contributed by atoms with Crippen LogP contribution in [0, 0.1) is 0 Å². The zero-order valence-electron chi connectivity index (χ0n) is 12.3. The average Bonchev–Trinajstić information content (AvgIpc) is 2.40. The maximum Gasteiger partial charge on any atom is 0.338 e. The van der Waals surface area contributed by atoms with Crippen LogP contribution in [0.1, 0.15) is 44.0 Å². The second kappa shape index (κ2) is 7.02. The molecule has 0 aliphatic rings. The minimum absolute atomic E-state index is 0.328. The molecular weight excluding hydrogens is 240 g/mol. The maximum absolute atomic E-state index is 11.6. The predicted octanol–water partition coefficient (Wildman–Crippen LogP) is 3.07. The Morgan fingerprint density at radius 3 is 2.42 bits per heavy atom. The molecule has 0 radical (unpaired) electrons. The molecule has 1 aromatic rings. The zero-order valence-corrected chi connectivity index (χ0v) is 12.3. The summed E-state index contributed by atoms with van der Waals surface area (Å²) in [4.78, 5) is 13.8. The third kappa shape index (κ3) is 3.63. The Morgan fingerprint density at radius 2 is 1.95 bits per heavy atom. The number of benzene rings is 1. The molecule has 1 rings (SSSR count). The van der Waals surface area contributed by atoms with Gasteiger partial charge in [-0.1, -0.05) is 13.8 Å². The normalized spacial score (nSPS) is 10.6. The van der Waals surface area contributed by atoms with Crippen molar-refractivity contribution in [3.8, 4) is 0 Å². The largest absolute Gasteiger partial charge is 0.462 e. The van der Waals surface area contributed by atoms with E-state index >= 15 is 0 Å². The van der Waals surface area contributed by atoms with Gasteiger partial charge in [0.1, 0.15) is 0 Å². The highest BCUT2D eigenvalue weighted by molar-refractivity contribution is 5.92. The molecular formula is C15H24N2O2. The molecule has 19 heavy (non-hydrogen) atoms. The van der Waals surface area contributed by atoms with E-state index in [0.29, 0.717) is 23.9 Å². The van der Waals surface area contributed by atoms with Crippen LogP contribution in [0.15, 0.2) is 18.2 Å². The molecule has 1 aromatic carbocycles. The molecule has 4 heteroatoms. The number of anilines is 2. The van der Waals surface area contributed by atoms with Crippen molar-refractivity contribution in [1.82, 2.24) is 0 Å². The molecule has 2 N–H and O–H groups in total. The molecule has 0 atom stereocenters. The fourth-order valence-corrected chi connectivity index (χ4v) is 2.25. The minimum Gasteiger partial charge on any atom is -0.462 e. The Bertz CT molecular complexity index is 428. The van der Waals surface area contributed by atoms with E-state index in [1.165, 1.54) is 0 Å². The molecule has 0 fully saturated rings. The van der Waals surface area contributed by atoms with Gasteiger partial charge in [-0.15, -0.1) is 0 Å². The van der Waals surface area contributed by atoms with Gasteiger partial charge in [-0.25, -0.2) is 4.79 Å². The van der Waals surface area contributed by atoms with Gasteiger partial charge in [0.25, 0.3) is 0 Å². The molecule has 4 nitrogen and oxygen atoms in total. The first-order chi connectivity index (χ1) is 9.04. The SMILES string of the molecule is CCOC(=O)c1ccc(N(C)C(CC)CC)c(N)c1. The summed E-state index contributed by atoms with van der Waals surface area (Å²) < 4.78 is 4.96. The zero-order chi connectivity index (χ0) is 14.4. The monoisotopic (exact) mass is 264 g/mol. The number of carbonyl (C=O) groups is 1. The van der Waals surface area contributed by atoms with Gasteiger partial charge in [-0.05, 0) is 38.0 Å². The first-order valence-corrected chi connectivity index (χ1v) is 6.84. The van der Waals surface area contributed by atoms with Crippen LogP contribution in [0.2, 0.25) is 0 Å².